The fraction of sp³-hybridized carbons (Fsp3) is 0.105. The van der Waals surface area contributed by atoms with Gasteiger partial charge in [-0.1, -0.05) is 48.5 Å². The molecule has 0 fully saturated rings. The lowest BCUT2D eigenvalue weighted by atomic mass is 10.1. The Morgan fingerprint density at radius 3 is 2.30 bits per heavy atom. The van der Waals surface area contributed by atoms with Gasteiger partial charge in [0.05, 0.1) is 17.4 Å². The number of nitrogens with zero attached hydrogens (tertiary/aromatic N) is 1. The number of hydrazine groups is 1. The molecule has 23 heavy (non-hydrogen) atoms. The minimum absolute atomic E-state index is 0.191. The topological polar surface area (TPSA) is 58.4 Å². The van der Waals surface area contributed by atoms with E-state index in [1.165, 1.54) is 5.01 Å². The normalized spacial score (nSPS) is 11.9. The molecule has 0 radical (unpaired) electrons. The fourth-order valence-electron chi connectivity index (χ4n) is 2.41. The molecule has 3 aromatic carbocycles. The lowest BCUT2D eigenvalue weighted by Gasteiger charge is -2.26. The van der Waals surface area contributed by atoms with Crippen LogP contribution in [0.15, 0.2) is 72.8 Å². The van der Waals surface area contributed by atoms with Crippen molar-refractivity contribution in [1.29, 1.82) is 0 Å². The largest absolute Gasteiger partial charge is 0.320 e. The number of hydrogen-bond acceptors (Lipinski definition) is 3. The predicted octanol–water partition coefficient (Wildman–Crippen LogP) is 3.55. The molecule has 1 atom stereocenters. The number of para-hydroxylation sites is 1. The smallest absolute Gasteiger partial charge is 0.262 e. The number of nitrogens with one attached hydrogen (secondary N) is 1. The summed E-state index contributed by atoms with van der Waals surface area (Å²) in [5.74, 6) is -0.191. The molecular formula is C19H19N3O. The minimum Gasteiger partial charge on any atom is -0.320 e. The zero-order valence-electron chi connectivity index (χ0n) is 12.9. The van der Waals surface area contributed by atoms with E-state index in [4.69, 9.17) is 5.73 Å². The number of amides is 1. The van der Waals surface area contributed by atoms with Crippen molar-refractivity contribution in [1.82, 2.24) is 0 Å². The van der Waals surface area contributed by atoms with Crippen LogP contribution in [0.25, 0.3) is 10.8 Å². The number of hydrogen-bond donors (Lipinski definition) is 2. The first-order valence-corrected chi connectivity index (χ1v) is 7.55. The molecule has 0 bridgehead atoms. The van der Waals surface area contributed by atoms with Crippen LogP contribution < -0.4 is 16.2 Å². The zero-order chi connectivity index (χ0) is 16.2. The third kappa shape index (κ3) is 3.33. The predicted molar refractivity (Wildman–Crippen MR) is 95.1 cm³/mol. The summed E-state index contributed by atoms with van der Waals surface area (Å²) in [5.41, 5.74) is 10.5. The summed E-state index contributed by atoms with van der Waals surface area (Å²) in [4.78, 5) is 12.5. The van der Waals surface area contributed by atoms with Crippen LogP contribution in [0, 0.1) is 0 Å². The second kappa shape index (κ2) is 6.50. The first-order valence-electron chi connectivity index (χ1n) is 7.55. The number of benzene rings is 3. The Kier molecular flexibility index (Phi) is 4.26. The highest BCUT2D eigenvalue weighted by Gasteiger charge is 2.19. The highest BCUT2D eigenvalue weighted by molar-refractivity contribution is 6.00. The van der Waals surface area contributed by atoms with Gasteiger partial charge >= 0.3 is 0 Å². The summed E-state index contributed by atoms with van der Waals surface area (Å²) in [6.45, 7) is 1.68. The van der Waals surface area contributed by atoms with Gasteiger partial charge in [0.2, 0.25) is 0 Å². The molecule has 0 aliphatic rings. The fourth-order valence-corrected chi connectivity index (χ4v) is 2.41. The zero-order valence-corrected chi connectivity index (χ0v) is 12.9. The molecule has 0 spiro atoms. The van der Waals surface area contributed by atoms with E-state index in [0.717, 1.165) is 22.1 Å². The van der Waals surface area contributed by atoms with Gasteiger partial charge in [0.25, 0.3) is 5.91 Å². The summed E-state index contributed by atoms with van der Waals surface area (Å²) < 4.78 is 0. The second-order valence-corrected chi connectivity index (χ2v) is 5.47. The average molecular weight is 305 g/mol. The molecule has 0 saturated carbocycles. The van der Waals surface area contributed by atoms with Crippen molar-refractivity contribution in [2.75, 3.05) is 10.4 Å². The number of carbonyl (C=O) groups excluding carboxylic acids is 1. The van der Waals surface area contributed by atoms with E-state index in [9.17, 15) is 4.79 Å². The molecule has 3 N–H and O–H groups in total. The van der Waals surface area contributed by atoms with Crippen molar-refractivity contribution in [3.8, 4) is 0 Å². The SMILES string of the molecule is CC(N)C(=O)N(Nc1ccccc1)c1ccc2ccccc2c1. The summed E-state index contributed by atoms with van der Waals surface area (Å²) in [6, 6.07) is 22.9. The van der Waals surface area contributed by atoms with Crippen LogP contribution in [0.4, 0.5) is 11.4 Å². The Morgan fingerprint density at radius 1 is 0.957 bits per heavy atom. The molecule has 0 aliphatic heterocycles. The van der Waals surface area contributed by atoms with Crippen LogP contribution in [-0.2, 0) is 4.79 Å². The third-order valence-corrected chi connectivity index (χ3v) is 3.62. The van der Waals surface area contributed by atoms with E-state index in [1.807, 2.05) is 72.8 Å². The van der Waals surface area contributed by atoms with E-state index in [1.54, 1.807) is 6.92 Å². The quantitative estimate of drug-likeness (QED) is 0.725. The van der Waals surface area contributed by atoms with Gasteiger partial charge in [-0.05, 0) is 42.0 Å². The maximum absolute atomic E-state index is 12.5. The van der Waals surface area contributed by atoms with E-state index in [0.29, 0.717) is 0 Å². The first kappa shape index (κ1) is 15.1. The highest BCUT2D eigenvalue weighted by atomic mass is 16.2. The first-order chi connectivity index (χ1) is 11.1. The molecule has 0 heterocycles. The van der Waals surface area contributed by atoms with Gasteiger partial charge in [-0.25, -0.2) is 5.01 Å². The molecule has 1 unspecified atom stereocenters. The van der Waals surface area contributed by atoms with Crippen molar-refractivity contribution in [2.24, 2.45) is 5.73 Å². The average Bonchev–Trinajstić information content (AvgIpc) is 2.59. The summed E-state index contributed by atoms with van der Waals surface area (Å²) in [6.07, 6.45) is 0. The molecule has 0 aliphatic carbocycles. The van der Waals surface area contributed by atoms with Crippen molar-refractivity contribution in [3.05, 3.63) is 72.8 Å². The van der Waals surface area contributed by atoms with Gasteiger partial charge in [-0.2, -0.15) is 0 Å². The van der Waals surface area contributed by atoms with Crippen molar-refractivity contribution in [2.45, 2.75) is 13.0 Å². The van der Waals surface area contributed by atoms with Gasteiger partial charge in [0.1, 0.15) is 0 Å². The number of nitrogens with two attached hydrogens (primary N) is 1. The van der Waals surface area contributed by atoms with Crippen LogP contribution in [0.5, 0.6) is 0 Å². The maximum Gasteiger partial charge on any atom is 0.262 e. The highest BCUT2D eigenvalue weighted by Crippen LogP contribution is 2.23. The van der Waals surface area contributed by atoms with E-state index in [2.05, 4.69) is 5.43 Å². The van der Waals surface area contributed by atoms with Crippen molar-refractivity contribution in [3.63, 3.8) is 0 Å². The van der Waals surface area contributed by atoms with Gasteiger partial charge < -0.3 is 5.73 Å². The lowest BCUT2D eigenvalue weighted by molar-refractivity contribution is -0.119. The van der Waals surface area contributed by atoms with Crippen LogP contribution in [0.3, 0.4) is 0 Å². The monoisotopic (exact) mass is 305 g/mol. The molecule has 3 aromatic rings. The summed E-state index contributed by atoms with van der Waals surface area (Å²) in [5, 5.41) is 3.71. The molecule has 1 amide bonds. The van der Waals surface area contributed by atoms with E-state index in [-0.39, 0.29) is 5.91 Å². The Bertz CT molecular complexity index is 815. The van der Waals surface area contributed by atoms with E-state index >= 15 is 0 Å². The Hall–Kier alpha value is -2.85. The Balaban J connectivity index is 2.00. The van der Waals surface area contributed by atoms with Gasteiger partial charge in [-0.15, -0.1) is 0 Å². The van der Waals surface area contributed by atoms with Crippen LogP contribution in [0.1, 0.15) is 6.92 Å². The van der Waals surface area contributed by atoms with Gasteiger partial charge in [-0.3, -0.25) is 10.2 Å². The van der Waals surface area contributed by atoms with Gasteiger partial charge in [0, 0.05) is 0 Å². The molecule has 3 rings (SSSR count). The molecule has 0 saturated heterocycles. The maximum atomic E-state index is 12.5. The number of carbonyl (C=O) groups is 1. The molecular weight excluding hydrogens is 286 g/mol. The van der Waals surface area contributed by atoms with Crippen LogP contribution >= 0.6 is 0 Å². The standard InChI is InChI=1S/C19H19N3O/c1-14(20)19(23)22(21-17-9-3-2-4-10-17)18-12-11-15-7-5-6-8-16(15)13-18/h2-14,21H,20H2,1H3. The number of anilines is 2. The van der Waals surface area contributed by atoms with E-state index < -0.39 is 6.04 Å². The molecule has 116 valence electrons. The molecule has 0 aromatic heterocycles. The van der Waals surface area contributed by atoms with Crippen molar-refractivity contribution >= 4 is 28.1 Å². The Morgan fingerprint density at radius 2 is 1.61 bits per heavy atom. The molecule has 4 nitrogen and oxygen atoms in total. The number of rotatable bonds is 4. The lowest BCUT2D eigenvalue weighted by Crippen LogP contribution is -2.45. The van der Waals surface area contributed by atoms with Gasteiger partial charge in [0.15, 0.2) is 0 Å². The van der Waals surface area contributed by atoms with Crippen LogP contribution in [0.2, 0.25) is 0 Å². The summed E-state index contributed by atoms with van der Waals surface area (Å²) in [7, 11) is 0. The Labute approximate surface area is 135 Å². The molecule has 4 heteroatoms. The van der Waals surface area contributed by atoms with Crippen molar-refractivity contribution < 1.29 is 4.79 Å². The second-order valence-electron chi connectivity index (χ2n) is 5.47. The van der Waals surface area contributed by atoms with Crippen LogP contribution in [-0.4, -0.2) is 11.9 Å². The third-order valence-electron chi connectivity index (χ3n) is 3.62. The number of fused-ring (bicyclic) bond motifs is 1. The summed E-state index contributed by atoms with van der Waals surface area (Å²) >= 11 is 0. The minimum atomic E-state index is -0.599.